The fourth-order valence-electron chi connectivity index (χ4n) is 3.28. The number of allylic oxidation sites excluding steroid dienone is 1. The summed E-state index contributed by atoms with van der Waals surface area (Å²) in [7, 11) is 0. The lowest BCUT2D eigenvalue weighted by Crippen LogP contribution is -2.59. The van der Waals surface area contributed by atoms with E-state index in [1.165, 1.54) is 17.7 Å². The van der Waals surface area contributed by atoms with Crippen LogP contribution in [-0.2, 0) is 0 Å². The molecule has 2 aliphatic rings. The number of carbonyl (C=O) groups is 1. The molecule has 0 aliphatic heterocycles. The number of nitrogens with one attached hydrogen (secondary N) is 2. The highest BCUT2D eigenvalue weighted by molar-refractivity contribution is 5.76. The van der Waals surface area contributed by atoms with Crippen molar-refractivity contribution in [1.82, 2.24) is 10.6 Å². The maximum absolute atomic E-state index is 13.0. The van der Waals surface area contributed by atoms with Gasteiger partial charge in [0.05, 0.1) is 12.1 Å². The highest BCUT2D eigenvalue weighted by Crippen LogP contribution is 2.31. The summed E-state index contributed by atoms with van der Waals surface area (Å²) in [6.07, 6.45) is 7.35. The van der Waals surface area contributed by atoms with Crippen molar-refractivity contribution < 1.29 is 14.3 Å². The lowest BCUT2D eigenvalue weighted by atomic mass is 9.77. The maximum atomic E-state index is 13.0. The number of benzene rings is 1. The second-order valence-corrected chi connectivity index (χ2v) is 6.60. The molecule has 2 amide bonds. The van der Waals surface area contributed by atoms with Crippen molar-refractivity contribution in [2.45, 2.75) is 50.1 Å². The number of hydrogen-bond acceptors (Lipinski definition) is 2. The van der Waals surface area contributed by atoms with Crippen LogP contribution in [0.5, 0.6) is 0 Å². The largest absolute Gasteiger partial charge is 0.394 e. The van der Waals surface area contributed by atoms with Gasteiger partial charge in [-0.25, -0.2) is 9.18 Å². The van der Waals surface area contributed by atoms with Crippen molar-refractivity contribution in [1.29, 1.82) is 0 Å². The molecule has 0 bridgehead atoms. The van der Waals surface area contributed by atoms with Gasteiger partial charge in [0.1, 0.15) is 5.82 Å². The van der Waals surface area contributed by atoms with E-state index in [0.717, 1.165) is 44.1 Å². The van der Waals surface area contributed by atoms with Crippen LogP contribution in [0.1, 0.15) is 44.1 Å². The lowest BCUT2D eigenvalue weighted by Gasteiger charge is -2.41. The van der Waals surface area contributed by atoms with Crippen molar-refractivity contribution >= 4 is 11.6 Å². The average molecular weight is 318 g/mol. The van der Waals surface area contributed by atoms with Gasteiger partial charge in [-0.3, -0.25) is 0 Å². The fourth-order valence-corrected chi connectivity index (χ4v) is 3.28. The summed E-state index contributed by atoms with van der Waals surface area (Å²) in [5.41, 5.74) is 1.84. The Morgan fingerprint density at radius 2 is 2.04 bits per heavy atom. The Bertz CT molecular complexity index is 588. The van der Waals surface area contributed by atoms with Crippen LogP contribution in [0, 0.1) is 5.82 Å². The van der Waals surface area contributed by atoms with E-state index >= 15 is 0 Å². The zero-order valence-electron chi connectivity index (χ0n) is 13.1. The third-order valence-electron chi connectivity index (χ3n) is 4.95. The third-order valence-corrected chi connectivity index (χ3v) is 4.95. The first-order chi connectivity index (χ1) is 11.1. The molecule has 1 unspecified atom stereocenters. The van der Waals surface area contributed by atoms with Crippen LogP contribution in [0.15, 0.2) is 30.3 Å². The molecule has 1 aromatic carbocycles. The minimum Gasteiger partial charge on any atom is -0.394 e. The summed E-state index contributed by atoms with van der Waals surface area (Å²) in [6.45, 7) is -0.000293. The van der Waals surface area contributed by atoms with Crippen LogP contribution in [0.2, 0.25) is 0 Å². The molecule has 1 saturated carbocycles. The van der Waals surface area contributed by atoms with Crippen LogP contribution in [0.3, 0.4) is 0 Å². The second kappa shape index (κ2) is 6.71. The summed E-state index contributed by atoms with van der Waals surface area (Å²) >= 11 is 0. The molecule has 2 aliphatic carbocycles. The van der Waals surface area contributed by atoms with E-state index in [1.54, 1.807) is 12.1 Å². The standard InChI is InChI=1S/C18H23FN2O2/c19-15-6-2-13(3-7-15)14-4-8-16(9-5-14)20-17(23)21-18(12-22)10-1-11-18/h2-4,6-7,16,22H,1,5,8-12H2,(H2,20,21,23). The van der Waals surface area contributed by atoms with E-state index in [2.05, 4.69) is 16.7 Å². The molecule has 0 radical (unpaired) electrons. The molecular formula is C18H23FN2O2. The smallest absolute Gasteiger partial charge is 0.315 e. The number of rotatable bonds is 4. The highest BCUT2D eigenvalue weighted by atomic mass is 19.1. The number of hydrogen-bond donors (Lipinski definition) is 3. The number of halogens is 1. The Morgan fingerprint density at radius 1 is 1.30 bits per heavy atom. The van der Waals surface area contributed by atoms with Crippen LogP contribution in [0.4, 0.5) is 9.18 Å². The fraction of sp³-hybridized carbons (Fsp3) is 0.500. The van der Waals surface area contributed by atoms with Crippen LogP contribution in [0.25, 0.3) is 5.57 Å². The molecule has 0 aromatic heterocycles. The summed E-state index contributed by atoms with van der Waals surface area (Å²) in [4.78, 5) is 12.1. The SMILES string of the molecule is O=C(NC1CC=C(c2ccc(F)cc2)CC1)NC1(CO)CCC1. The molecule has 4 nitrogen and oxygen atoms in total. The van der Waals surface area contributed by atoms with Gasteiger partial charge in [-0.1, -0.05) is 18.2 Å². The molecule has 3 rings (SSSR count). The van der Waals surface area contributed by atoms with E-state index in [0.29, 0.717) is 0 Å². The van der Waals surface area contributed by atoms with Crippen molar-refractivity contribution in [3.63, 3.8) is 0 Å². The monoisotopic (exact) mass is 318 g/mol. The van der Waals surface area contributed by atoms with Gasteiger partial charge in [0, 0.05) is 6.04 Å². The van der Waals surface area contributed by atoms with E-state index < -0.39 is 5.54 Å². The summed E-state index contributed by atoms with van der Waals surface area (Å²) < 4.78 is 13.0. The molecule has 1 fully saturated rings. The van der Waals surface area contributed by atoms with Crippen LogP contribution < -0.4 is 10.6 Å². The third kappa shape index (κ3) is 3.72. The maximum Gasteiger partial charge on any atom is 0.315 e. The molecule has 124 valence electrons. The topological polar surface area (TPSA) is 61.4 Å². The van der Waals surface area contributed by atoms with E-state index in [9.17, 15) is 14.3 Å². The van der Waals surface area contributed by atoms with Crippen molar-refractivity contribution in [3.05, 3.63) is 41.7 Å². The molecule has 5 heteroatoms. The summed E-state index contributed by atoms with van der Waals surface area (Å²) in [6, 6.07) is 6.45. The molecule has 0 heterocycles. The molecule has 23 heavy (non-hydrogen) atoms. The molecule has 3 N–H and O–H groups in total. The Kier molecular flexibility index (Phi) is 4.66. The van der Waals surface area contributed by atoms with Gasteiger partial charge in [0.25, 0.3) is 0 Å². The molecule has 0 spiro atoms. The Hall–Kier alpha value is -1.88. The van der Waals surface area contributed by atoms with Crippen molar-refractivity contribution in [3.8, 4) is 0 Å². The molecule has 1 atom stereocenters. The number of urea groups is 1. The average Bonchev–Trinajstić information content (AvgIpc) is 2.52. The minimum atomic E-state index is -0.409. The first-order valence-electron chi connectivity index (χ1n) is 8.25. The van der Waals surface area contributed by atoms with E-state index in [4.69, 9.17) is 0 Å². The van der Waals surface area contributed by atoms with E-state index in [-0.39, 0.29) is 24.5 Å². The van der Waals surface area contributed by atoms with Crippen LogP contribution in [-0.4, -0.2) is 29.3 Å². The van der Waals surface area contributed by atoms with Crippen LogP contribution >= 0.6 is 0 Å². The van der Waals surface area contributed by atoms with Gasteiger partial charge in [-0.2, -0.15) is 0 Å². The molecule has 1 aromatic rings. The second-order valence-electron chi connectivity index (χ2n) is 6.60. The van der Waals surface area contributed by atoms with Gasteiger partial charge in [0.2, 0.25) is 0 Å². The first-order valence-corrected chi connectivity index (χ1v) is 8.25. The van der Waals surface area contributed by atoms with Gasteiger partial charge in [-0.05, 0) is 61.8 Å². The van der Waals surface area contributed by atoms with Crippen molar-refractivity contribution in [2.75, 3.05) is 6.61 Å². The van der Waals surface area contributed by atoms with Gasteiger partial charge in [0.15, 0.2) is 0 Å². The quantitative estimate of drug-likeness (QED) is 0.799. The Labute approximate surface area is 135 Å². The Morgan fingerprint density at radius 3 is 2.57 bits per heavy atom. The van der Waals surface area contributed by atoms with Gasteiger partial charge >= 0.3 is 6.03 Å². The van der Waals surface area contributed by atoms with Gasteiger partial charge in [-0.15, -0.1) is 0 Å². The number of amides is 2. The van der Waals surface area contributed by atoms with Gasteiger partial charge < -0.3 is 15.7 Å². The van der Waals surface area contributed by atoms with Crippen molar-refractivity contribution in [2.24, 2.45) is 0 Å². The lowest BCUT2D eigenvalue weighted by molar-refractivity contribution is 0.0952. The molecule has 0 saturated heterocycles. The number of carbonyl (C=O) groups excluding carboxylic acids is 1. The summed E-state index contributed by atoms with van der Waals surface area (Å²) in [5, 5.41) is 15.3. The Balaban J connectivity index is 1.52. The predicted molar refractivity (Wildman–Crippen MR) is 87.4 cm³/mol. The normalized spacial score (nSPS) is 22.7. The first kappa shape index (κ1) is 16.0. The summed E-state index contributed by atoms with van der Waals surface area (Å²) in [5.74, 6) is -0.227. The number of aliphatic hydroxyl groups excluding tert-OH is 1. The minimum absolute atomic E-state index is 0.000293. The predicted octanol–water partition coefficient (Wildman–Crippen LogP) is 2.98. The zero-order chi connectivity index (χ0) is 16.3. The number of aliphatic hydroxyl groups is 1. The zero-order valence-corrected chi connectivity index (χ0v) is 13.1. The van der Waals surface area contributed by atoms with E-state index in [1.807, 2.05) is 0 Å². The highest BCUT2D eigenvalue weighted by Gasteiger charge is 2.38. The molecular weight excluding hydrogens is 295 g/mol.